The summed E-state index contributed by atoms with van der Waals surface area (Å²) < 4.78 is 13.2. The van der Waals surface area contributed by atoms with Crippen LogP contribution in [0.15, 0.2) is 54.6 Å². The molecule has 0 aliphatic carbocycles. The van der Waals surface area contributed by atoms with Gasteiger partial charge in [-0.2, -0.15) is 9.78 Å². The Morgan fingerprint density at radius 2 is 1.74 bits per heavy atom. The lowest BCUT2D eigenvalue weighted by molar-refractivity contribution is -0.122. The molecule has 2 heterocycles. The predicted octanol–water partition coefficient (Wildman–Crippen LogP) is 5.58. The number of carbonyl (C=O) groups excluding carboxylic acids is 1. The van der Waals surface area contributed by atoms with E-state index in [1.807, 2.05) is 68.4 Å². The van der Waals surface area contributed by atoms with Crippen molar-refractivity contribution in [2.75, 3.05) is 12.4 Å². The minimum atomic E-state index is -0.699. The second-order valence-electron chi connectivity index (χ2n) is 8.68. The second kappa shape index (κ2) is 9.55. The molecular weight excluding hydrogens is 428 g/mol. The van der Waals surface area contributed by atoms with Gasteiger partial charge in [0.05, 0.1) is 12.8 Å². The maximum Gasteiger partial charge on any atom is 0.266 e. The number of carbonyl (C=O) groups is 1. The van der Waals surface area contributed by atoms with Crippen molar-refractivity contribution in [3.05, 3.63) is 71.4 Å². The van der Waals surface area contributed by atoms with Crippen molar-refractivity contribution < 1.29 is 14.3 Å². The normalized spacial score (nSPS) is 12.1. The molecule has 1 amide bonds. The van der Waals surface area contributed by atoms with Crippen LogP contribution in [0.5, 0.6) is 11.5 Å². The number of fused-ring (bicyclic) bond motifs is 1. The zero-order chi connectivity index (χ0) is 24.4. The predicted molar refractivity (Wildman–Crippen MR) is 134 cm³/mol. The molecule has 0 aliphatic heterocycles. The summed E-state index contributed by atoms with van der Waals surface area (Å²) in [6, 6.07) is 17.4. The quantitative estimate of drug-likeness (QED) is 0.391. The lowest BCUT2D eigenvalue weighted by Gasteiger charge is -2.19. The number of nitrogens with one attached hydrogen (secondary N) is 1. The molecule has 0 aliphatic rings. The first-order chi connectivity index (χ1) is 16.3. The Hall–Kier alpha value is -3.87. The van der Waals surface area contributed by atoms with Crippen LogP contribution < -0.4 is 14.8 Å². The number of amides is 1. The Labute approximate surface area is 199 Å². The van der Waals surface area contributed by atoms with E-state index < -0.39 is 6.10 Å². The van der Waals surface area contributed by atoms with Crippen molar-refractivity contribution in [1.82, 2.24) is 14.8 Å². The van der Waals surface area contributed by atoms with E-state index in [9.17, 15) is 4.79 Å². The number of aryl methyl sites for hydroxylation is 2. The van der Waals surface area contributed by atoms with Gasteiger partial charge in [-0.05, 0) is 56.0 Å². The highest BCUT2D eigenvalue weighted by molar-refractivity contribution is 5.94. The number of para-hydroxylation sites is 2. The van der Waals surface area contributed by atoms with Crippen molar-refractivity contribution >= 4 is 22.6 Å². The Morgan fingerprint density at radius 3 is 2.47 bits per heavy atom. The molecule has 0 saturated carbocycles. The summed E-state index contributed by atoms with van der Waals surface area (Å²) in [4.78, 5) is 17.8. The van der Waals surface area contributed by atoms with Gasteiger partial charge in [0.25, 0.3) is 5.91 Å². The fourth-order valence-electron chi connectivity index (χ4n) is 3.95. The summed E-state index contributed by atoms with van der Waals surface area (Å²) in [6.07, 6.45) is -0.699. The first-order valence-electron chi connectivity index (χ1n) is 11.4. The number of pyridine rings is 1. The fourth-order valence-corrected chi connectivity index (χ4v) is 3.95. The monoisotopic (exact) mass is 458 g/mol. The van der Waals surface area contributed by atoms with Crippen LogP contribution in [0.25, 0.3) is 16.7 Å². The average molecular weight is 459 g/mol. The Kier molecular flexibility index (Phi) is 6.54. The van der Waals surface area contributed by atoms with Crippen LogP contribution in [0.4, 0.5) is 5.82 Å². The number of hydrogen-bond acceptors (Lipinski definition) is 5. The lowest BCUT2D eigenvalue weighted by atomic mass is 10.0. The van der Waals surface area contributed by atoms with Crippen molar-refractivity contribution in [3.63, 3.8) is 0 Å². The summed E-state index contributed by atoms with van der Waals surface area (Å²) in [7, 11) is 1.63. The first kappa shape index (κ1) is 23.3. The molecule has 7 nitrogen and oxygen atoms in total. The van der Waals surface area contributed by atoms with Crippen molar-refractivity contribution in [2.45, 2.75) is 46.6 Å². The van der Waals surface area contributed by atoms with Crippen molar-refractivity contribution in [3.8, 4) is 17.3 Å². The van der Waals surface area contributed by atoms with Gasteiger partial charge in [-0.1, -0.05) is 44.2 Å². The number of ether oxygens (including phenoxy) is 2. The van der Waals surface area contributed by atoms with Gasteiger partial charge in [0.2, 0.25) is 0 Å². The minimum absolute atomic E-state index is 0.269. The van der Waals surface area contributed by atoms with Crippen LogP contribution in [0.3, 0.4) is 0 Å². The molecule has 1 N–H and O–H groups in total. The maximum absolute atomic E-state index is 13.1. The topological polar surface area (TPSA) is 78.3 Å². The van der Waals surface area contributed by atoms with E-state index >= 15 is 0 Å². The lowest BCUT2D eigenvalue weighted by Crippen LogP contribution is -2.31. The molecular formula is C27H30N4O3. The zero-order valence-corrected chi connectivity index (χ0v) is 20.4. The van der Waals surface area contributed by atoms with Crippen molar-refractivity contribution in [1.29, 1.82) is 0 Å². The molecule has 1 unspecified atom stereocenters. The first-order valence-corrected chi connectivity index (χ1v) is 11.4. The third-order valence-electron chi connectivity index (χ3n) is 5.73. The van der Waals surface area contributed by atoms with Gasteiger partial charge in [-0.3, -0.25) is 4.79 Å². The summed E-state index contributed by atoms with van der Waals surface area (Å²) >= 11 is 0. The van der Waals surface area contributed by atoms with Gasteiger partial charge in [0, 0.05) is 11.5 Å². The second-order valence-corrected chi connectivity index (χ2v) is 8.68. The summed E-state index contributed by atoms with van der Waals surface area (Å²) in [5.41, 5.74) is 3.60. The zero-order valence-electron chi connectivity index (χ0n) is 20.4. The Balaban J connectivity index is 1.63. The molecule has 4 aromatic rings. The molecule has 34 heavy (non-hydrogen) atoms. The number of benzene rings is 2. The van der Waals surface area contributed by atoms with E-state index in [2.05, 4.69) is 24.3 Å². The van der Waals surface area contributed by atoms with Gasteiger partial charge in [-0.15, -0.1) is 0 Å². The molecule has 2 aromatic heterocycles. The smallest absolute Gasteiger partial charge is 0.266 e. The highest BCUT2D eigenvalue weighted by atomic mass is 16.5. The number of nitrogens with zero attached hydrogens (tertiary/aromatic N) is 3. The van der Waals surface area contributed by atoms with E-state index in [4.69, 9.17) is 14.5 Å². The summed E-state index contributed by atoms with van der Waals surface area (Å²) in [5, 5.41) is 8.54. The molecule has 1 atom stereocenters. The fraction of sp³-hybridized carbons (Fsp3) is 0.296. The highest BCUT2D eigenvalue weighted by Crippen LogP contribution is 2.29. The highest BCUT2D eigenvalue weighted by Gasteiger charge is 2.20. The minimum Gasteiger partial charge on any atom is -0.494 e. The summed E-state index contributed by atoms with van der Waals surface area (Å²) in [5.74, 6) is 2.53. The molecule has 0 fully saturated rings. The van der Waals surface area contributed by atoms with E-state index in [0.717, 1.165) is 27.7 Å². The molecule has 4 rings (SSSR count). The van der Waals surface area contributed by atoms with Crippen LogP contribution in [0.1, 0.15) is 43.5 Å². The van der Waals surface area contributed by atoms with Crippen LogP contribution >= 0.6 is 0 Å². The molecule has 2 aromatic carbocycles. The average Bonchev–Trinajstić information content (AvgIpc) is 3.18. The number of anilines is 1. The van der Waals surface area contributed by atoms with Gasteiger partial charge in [0.1, 0.15) is 22.8 Å². The number of hydrogen-bond donors (Lipinski definition) is 1. The molecule has 0 bridgehead atoms. The van der Waals surface area contributed by atoms with E-state index in [1.165, 1.54) is 0 Å². The molecule has 0 spiro atoms. The number of aromatic nitrogens is 3. The molecule has 0 radical (unpaired) electrons. The molecule has 7 heteroatoms. The maximum atomic E-state index is 13.1. The molecule has 0 saturated heterocycles. The Bertz CT molecular complexity index is 1340. The van der Waals surface area contributed by atoms with Gasteiger partial charge in [-0.25, -0.2) is 4.98 Å². The number of methoxy groups -OCH3 is 1. The third kappa shape index (κ3) is 4.59. The van der Waals surface area contributed by atoms with Gasteiger partial charge < -0.3 is 14.8 Å². The van der Waals surface area contributed by atoms with E-state index in [-0.39, 0.29) is 11.8 Å². The third-order valence-corrected chi connectivity index (χ3v) is 5.73. The van der Waals surface area contributed by atoms with Crippen LogP contribution in [-0.4, -0.2) is 33.9 Å². The largest absolute Gasteiger partial charge is 0.494 e. The van der Waals surface area contributed by atoms with Gasteiger partial charge >= 0.3 is 0 Å². The standard InChI is InChI=1S/C27H30N4O3/c1-16(2)20-10-7-8-12-22(20)34-19(5)27(32)29-25-15-18(4)30-31(25)24-14-17(3)21-11-9-13-23(33-6)26(21)28-24/h7-16,19H,1-6H3,(H,29,32). The van der Waals surface area contributed by atoms with E-state index in [0.29, 0.717) is 23.1 Å². The van der Waals surface area contributed by atoms with Crippen LogP contribution in [-0.2, 0) is 4.79 Å². The van der Waals surface area contributed by atoms with Crippen LogP contribution in [0, 0.1) is 13.8 Å². The van der Waals surface area contributed by atoms with E-state index in [1.54, 1.807) is 18.7 Å². The summed E-state index contributed by atoms with van der Waals surface area (Å²) in [6.45, 7) is 9.83. The SMILES string of the molecule is COc1cccc2c(C)cc(-n3nc(C)cc3NC(=O)C(C)Oc3ccccc3C(C)C)nc12. The van der Waals surface area contributed by atoms with Crippen LogP contribution in [0.2, 0.25) is 0 Å². The molecule has 176 valence electrons. The number of rotatable bonds is 7. The van der Waals surface area contributed by atoms with Crippen molar-refractivity contribution in [2.24, 2.45) is 0 Å². The Morgan fingerprint density at radius 1 is 1.00 bits per heavy atom. The van der Waals surface area contributed by atoms with Gasteiger partial charge in [0.15, 0.2) is 11.9 Å².